The average Bonchev–Trinajstić information content (AvgIpc) is 2.36. The Hall–Kier alpha value is -0.990. The normalized spacial score (nSPS) is 17.1. The van der Waals surface area contributed by atoms with Crippen LogP contribution < -0.4 is 4.90 Å². The predicted octanol–water partition coefficient (Wildman–Crippen LogP) is 1.04. The molecule has 0 atom stereocenters. The van der Waals surface area contributed by atoms with E-state index in [1.807, 2.05) is 6.20 Å². The van der Waals surface area contributed by atoms with E-state index in [4.69, 9.17) is 0 Å². The van der Waals surface area contributed by atoms with E-state index in [1.165, 1.54) is 24.2 Å². The van der Waals surface area contributed by atoms with Crippen molar-refractivity contribution in [2.75, 3.05) is 18.5 Å². The van der Waals surface area contributed by atoms with Crippen LogP contribution in [0.15, 0.2) is 6.20 Å². The number of nitrogens with zero attached hydrogens (tertiary/aromatic N) is 2. The van der Waals surface area contributed by atoms with Crippen molar-refractivity contribution < 1.29 is 1.43 Å². The molecule has 1 aliphatic heterocycles. The van der Waals surface area contributed by atoms with E-state index in [9.17, 15) is 0 Å². The third-order valence-corrected chi connectivity index (χ3v) is 2.02. The number of aromatic nitrogens is 2. The minimum absolute atomic E-state index is 0. The van der Waals surface area contributed by atoms with Crippen LogP contribution in [0.2, 0.25) is 0 Å². The topological polar surface area (TPSA) is 31.9 Å². The molecule has 0 saturated heterocycles. The molecule has 10 heavy (non-hydrogen) atoms. The number of hydrogen-bond acceptors (Lipinski definition) is 2. The summed E-state index contributed by atoms with van der Waals surface area (Å²) in [5, 5.41) is 6.97. The molecule has 1 aromatic heterocycles. The van der Waals surface area contributed by atoms with Crippen molar-refractivity contribution in [3.8, 4) is 0 Å². The van der Waals surface area contributed by atoms with Crippen molar-refractivity contribution in [2.24, 2.45) is 0 Å². The van der Waals surface area contributed by atoms with E-state index in [1.54, 1.807) is 0 Å². The zero-order valence-corrected chi connectivity index (χ0v) is 6.09. The van der Waals surface area contributed by atoms with E-state index >= 15 is 0 Å². The second-order valence-electron chi connectivity index (χ2n) is 2.77. The summed E-state index contributed by atoms with van der Waals surface area (Å²) in [6.45, 7) is 1.15. The van der Waals surface area contributed by atoms with Gasteiger partial charge in [0.1, 0.15) is 5.82 Å². The van der Waals surface area contributed by atoms with E-state index in [0.29, 0.717) is 0 Å². The lowest BCUT2D eigenvalue weighted by Gasteiger charge is -2.22. The Bertz CT molecular complexity index is 233. The van der Waals surface area contributed by atoms with E-state index < -0.39 is 0 Å². The van der Waals surface area contributed by atoms with Gasteiger partial charge in [-0.25, -0.2) is 0 Å². The summed E-state index contributed by atoms with van der Waals surface area (Å²) in [5.74, 6) is 1.20. The van der Waals surface area contributed by atoms with Crippen LogP contribution in [-0.4, -0.2) is 23.8 Å². The molecule has 2 rings (SSSR count). The maximum absolute atomic E-state index is 3.99. The van der Waals surface area contributed by atoms with Crippen LogP contribution in [0.5, 0.6) is 0 Å². The molecule has 2 heterocycles. The standard InChI is InChI=1S/C7H11N3.H2/c1-10-4-2-3-6-5-8-9-7(6)10;/h5H,2-4H2,1H3,(H,8,9);1H. The lowest BCUT2D eigenvalue weighted by Crippen LogP contribution is -2.24. The molecule has 0 saturated carbocycles. The maximum Gasteiger partial charge on any atom is 0.126 e. The van der Waals surface area contributed by atoms with Crippen molar-refractivity contribution in [2.45, 2.75) is 12.8 Å². The molecule has 0 radical (unpaired) electrons. The first-order chi connectivity index (χ1) is 4.88. The Labute approximate surface area is 61.5 Å². The summed E-state index contributed by atoms with van der Waals surface area (Å²) >= 11 is 0. The molecule has 1 aromatic rings. The number of aryl methyl sites for hydroxylation is 1. The van der Waals surface area contributed by atoms with Gasteiger partial charge in [-0.3, -0.25) is 5.10 Å². The molecule has 56 valence electrons. The van der Waals surface area contributed by atoms with Gasteiger partial charge in [0.05, 0.1) is 6.20 Å². The Morgan fingerprint density at radius 1 is 1.80 bits per heavy atom. The first kappa shape index (κ1) is 5.77. The average molecular weight is 139 g/mol. The summed E-state index contributed by atoms with van der Waals surface area (Å²) in [6.07, 6.45) is 4.35. The molecule has 0 fully saturated rings. The third kappa shape index (κ3) is 0.701. The van der Waals surface area contributed by atoms with Gasteiger partial charge in [0.15, 0.2) is 0 Å². The van der Waals surface area contributed by atoms with Crippen LogP contribution in [0.25, 0.3) is 0 Å². The lowest BCUT2D eigenvalue weighted by molar-refractivity contribution is 0.738. The molecule has 0 aromatic carbocycles. The molecule has 3 heteroatoms. The van der Waals surface area contributed by atoms with Gasteiger partial charge < -0.3 is 4.90 Å². The van der Waals surface area contributed by atoms with Gasteiger partial charge in [0.25, 0.3) is 0 Å². The highest BCUT2D eigenvalue weighted by Crippen LogP contribution is 2.21. The highest BCUT2D eigenvalue weighted by molar-refractivity contribution is 5.46. The second-order valence-corrected chi connectivity index (χ2v) is 2.77. The van der Waals surface area contributed by atoms with Gasteiger partial charge in [0.2, 0.25) is 0 Å². The molecular formula is C7H13N3. The molecule has 0 unspecified atom stereocenters. The molecule has 1 aliphatic rings. The van der Waals surface area contributed by atoms with Crippen molar-refractivity contribution in [3.63, 3.8) is 0 Å². The largest absolute Gasteiger partial charge is 0.360 e. The van der Waals surface area contributed by atoms with Gasteiger partial charge in [-0.2, -0.15) is 5.10 Å². The molecule has 0 spiro atoms. The maximum atomic E-state index is 3.99. The SMILES string of the molecule is CN1CCCc2cn[nH]c21.[HH]. The van der Waals surface area contributed by atoms with Gasteiger partial charge >= 0.3 is 0 Å². The molecule has 3 nitrogen and oxygen atoms in total. The zero-order valence-electron chi connectivity index (χ0n) is 6.09. The minimum Gasteiger partial charge on any atom is -0.360 e. The van der Waals surface area contributed by atoms with Crippen LogP contribution in [0.3, 0.4) is 0 Å². The number of aromatic amines is 1. The summed E-state index contributed by atoms with van der Waals surface area (Å²) in [7, 11) is 2.09. The molecular weight excluding hydrogens is 126 g/mol. The Morgan fingerprint density at radius 3 is 3.50 bits per heavy atom. The quantitative estimate of drug-likeness (QED) is 0.582. The highest BCUT2D eigenvalue weighted by Gasteiger charge is 2.13. The lowest BCUT2D eigenvalue weighted by atomic mass is 10.1. The minimum atomic E-state index is 0. The highest BCUT2D eigenvalue weighted by atomic mass is 15.3. The molecule has 0 amide bonds. The van der Waals surface area contributed by atoms with Gasteiger partial charge in [-0.15, -0.1) is 0 Å². The fraction of sp³-hybridized carbons (Fsp3) is 0.571. The fourth-order valence-electron chi connectivity index (χ4n) is 1.44. The number of H-pyrrole nitrogens is 1. The fourth-order valence-corrected chi connectivity index (χ4v) is 1.44. The molecule has 0 bridgehead atoms. The van der Waals surface area contributed by atoms with Crippen LogP contribution >= 0.6 is 0 Å². The number of fused-ring (bicyclic) bond motifs is 1. The van der Waals surface area contributed by atoms with Crippen LogP contribution in [0.1, 0.15) is 13.4 Å². The second kappa shape index (κ2) is 2.01. The zero-order chi connectivity index (χ0) is 6.97. The summed E-state index contributed by atoms with van der Waals surface area (Å²) in [4.78, 5) is 2.21. The molecule has 0 aliphatic carbocycles. The van der Waals surface area contributed by atoms with E-state index in [-0.39, 0.29) is 1.43 Å². The van der Waals surface area contributed by atoms with Gasteiger partial charge in [-0.1, -0.05) is 0 Å². The smallest absolute Gasteiger partial charge is 0.126 e. The van der Waals surface area contributed by atoms with Gasteiger partial charge in [0, 0.05) is 20.6 Å². The Morgan fingerprint density at radius 2 is 2.70 bits per heavy atom. The first-order valence-electron chi connectivity index (χ1n) is 3.61. The number of anilines is 1. The Kier molecular flexibility index (Phi) is 1.16. The van der Waals surface area contributed by atoms with Crippen molar-refractivity contribution in [1.82, 2.24) is 10.2 Å². The predicted molar refractivity (Wildman–Crippen MR) is 42.3 cm³/mol. The van der Waals surface area contributed by atoms with Gasteiger partial charge in [-0.05, 0) is 12.8 Å². The summed E-state index contributed by atoms with van der Waals surface area (Å²) < 4.78 is 0. The Balaban J connectivity index is 0.000000605. The van der Waals surface area contributed by atoms with Crippen LogP contribution in [0.4, 0.5) is 5.82 Å². The first-order valence-corrected chi connectivity index (χ1v) is 3.61. The number of nitrogens with one attached hydrogen (secondary N) is 1. The third-order valence-electron chi connectivity index (χ3n) is 2.02. The van der Waals surface area contributed by atoms with Crippen LogP contribution in [0, 0.1) is 0 Å². The van der Waals surface area contributed by atoms with Crippen molar-refractivity contribution >= 4 is 5.82 Å². The number of hydrogen-bond donors (Lipinski definition) is 1. The van der Waals surface area contributed by atoms with E-state index in [2.05, 4.69) is 22.1 Å². The monoisotopic (exact) mass is 139 g/mol. The van der Waals surface area contributed by atoms with Crippen molar-refractivity contribution in [3.05, 3.63) is 11.8 Å². The summed E-state index contributed by atoms with van der Waals surface area (Å²) in [5.41, 5.74) is 1.36. The molecule has 1 N–H and O–H groups in total. The summed E-state index contributed by atoms with van der Waals surface area (Å²) in [6, 6.07) is 0. The van der Waals surface area contributed by atoms with Crippen LogP contribution in [-0.2, 0) is 6.42 Å². The van der Waals surface area contributed by atoms with Crippen molar-refractivity contribution in [1.29, 1.82) is 0 Å². The number of rotatable bonds is 0. The van der Waals surface area contributed by atoms with E-state index in [0.717, 1.165) is 6.54 Å².